The van der Waals surface area contributed by atoms with Crippen LogP contribution in [0.15, 0.2) is 12.1 Å². The van der Waals surface area contributed by atoms with E-state index in [1.165, 1.54) is 0 Å². The number of aliphatic hydroxyl groups is 1. The summed E-state index contributed by atoms with van der Waals surface area (Å²) in [7, 11) is 0. The Bertz CT molecular complexity index is 1010. The number of halogens is 4. The molecule has 4 atom stereocenters. The number of phenolic OH excluding ortho intramolecular Hbond substituents is 1. The van der Waals surface area contributed by atoms with E-state index in [-0.39, 0.29) is 23.9 Å². The van der Waals surface area contributed by atoms with E-state index in [1.807, 2.05) is 0 Å². The molecule has 1 aliphatic carbocycles. The first-order chi connectivity index (χ1) is 14.7. The number of benzene rings is 1. The molecule has 3 N–H and O–H groups in total. The maximum atomic E-state index is 14.8. The van der Waals surface area contributed by atoms with Crippen LogP contribution in [-0.4, -0.2) is 38.7 Å². The van der Waals surface area contributed by atoms with Gasteiger partial charge in [-0.3, -0.25) is 0 Å². The Hall–Kier alpha value is -2.46. The smallest absolute Gasteiger partial charge is 0.416 e. The van der Waals surface area contributed by atoms with E-state index in [1.54, 1.807) is 0 Å². The summed E-state index contributed by atoms with van der Waals surface area (Å²) >= 11 is 0. The SMILES string of the molecule is Oc1cc(C(F)(F)F)cc(F)c1-c1nnc(N[C@@H]2CCC[C@H]2O)c2c1C[C@H]1CC[C@@H]2O1. The third-order valence-electron chi connectivity index (χ3n) is 6.41. The highest BCUT2D eigenvalue weighted by molar-refractivity contribution is 5.74. The van der Waals surface area contributed by atoms with Gasteiger partial charge in [0.1, 0.15) is 17.3 Å². The van der Waals surface area contributed by atoms with Gasteiger partial charge in [0.05, 0.1) is 35.5 Å². The molecule has 0 spiro atoms. The van der Waals surface area contributed by atoms with E-state index in [0.29, 0.717) is 41.9 Å². The zero-order valence-electron chi connectivity index (χ0n) is 16.4. The van der Waals surface area contributed by atoms with Crippen molar-refractivity contribution in [1.82, 2.24) is 10.2 Å². The van der Waals surface area contributed by atoms with Gasteiger partial charge in [0.25, 0.3) is 0 Å². The number of rotatable bonds is 3. The van der Waals surface area contributed by atoms with Crippen LogP contribution in [0.1, 0.15) is 54.9 Å². The molecule has 1 saturated carbocycles. The lowest BCUT2D eigenvalue weighted by Crippen LogP contribution is -2.30. The Morgan fingerprint density at radius 2 is 1.90 bits per heavy atom. The summed E-state index contributed by atoms with van der Waals surface area (Å²) in [6, 6.07) is 0.666. The standard InChI is InChI=1S/C21H21F4N3O3/c22-12-6-9(21(23,24)25)7-15(30)18(12)19-11-8-10-4-5-16(31-10)17(11)20(28-27-19)26-13-2-1-3-14(13)29/h6-7,10,13-14,16,29-30H,1-5,8H2,(H,26,28)/t10-,13-,14-,16+/m1/s1. The molecular formula is C21H21F4N3O3. The molecule has 166 valence electrons. The number of ether oxygens (including phenoxy) is 1. The fourth-order valence-corrected chi connectivity index (χ4v) is 4.92. The van der Waals surface area contributed by atoms with Gasteiger partial charge in [-0.2, -0.15) is 13.2 Å². The second-order valence-electron chi connectivity index (χ2n) is 8.42. The monoisotopic (exact) mass is 439 g/mol. The first-order valence-electron chi connectivity index (χ1n) is 10.3. The van der Waals surface area contributed by atoms with Crippen LogP contribution in [-0.2, 0) is 17.3 Å². The van der Waals surface area contributed by atoms with E-state index >= 15 is 0 Å². The summed E-state index contributed by atoms with van der Waals surface area (Å²) < 4.78 is 59.8. The molecule has 2 bridgehead atoms. The second kappa shape index (κ2) is 7.30. The fraction of sp³-hybridized carbons (Fsp3) is 0.524. The van der Waals surface area contributed by atoms with Crippen molar-refractivity contribution in [3.63, 3.8) is 0 Å². The minimum atomic E-state index is -4.79. The molecule has 5 rings (SSSR count). The topological polar surface area (TPSA) is 87.5 Å². The molecule has 1 saturated heterocycles. The van der Waals surface area contributed by atoms with Crippen molar-refractivity contribution >= 4 is 5.82 Å². The quantitative estimate of drug-likeness (QED) is 0.624. The van der Waals surface area contributed by atoms with Crippen molar-refractivity contribution in [2.75, 3.05) is 5.32 Å². The van der Waals surface area contributed by atoms with Crippen LogP contribution < -0.4 is 5.32 Å². The second-order valence-corrected chi connectivity index (χ2v) is 8.42. The van der Waals surface area contributed by atoms with Gasteiger partial charge in [-0.25, -0.2) is 4.39 Å². The van der Waals surface area contributed by atoms with Crippen LogP contribution in [0, 0.1) is 5.82 Å². The summed E-state index contributed by atoms with van der Waals surface area (Å²) in [5.41, 5.74) is -0.360. The number of anilines is 1. The van der Waals surface area contributed by atoms with Crippen molar-refractivity contribution in [2.45, 2.75) is 69.1 Å². The minimum absolute atomic E-state index is 0.0245. The van der Waals surface area contributed by atoms with Crippen LogP contribution in [0.2, 0.25) is 0 Å². The van der Waals surface area contributed by atoms with Gasteiger partial charge in [0.15, 0.2) is 5.82 Å². The van der Waals surface area contributed by atoms with Crippen molar-refractivity contribution in [3.8, 4) is 17.0 Å². The summed E-state index contributed by atoms with van der Waals surface area (Å²) in [6.45, 7) is 0. The number of phenols is 1. The lowest BCUT2D eigenvalue weighted by Gasteiger charge is -2.29. The molecule has 10 heteroatoms. The zero-order chi connectivity index (χ0) is 21.9. The Morgan fingerprint density at radius 1 is 1.10 bits per heavy atom. The molecule has 6 nitrogen and oxygen atoms in total. The predicted octanol–water partition coefficient (Wildman–Crippen LogP) is 4.11. The number of nitrogens with zero attached hydrogens (tertiary/aromatic N) is 2. The number of fused-ring (bicyclic) bond motifs is 4. The van der Waals surface area contributed by atoms with E-state index in [0.717, 1.165) is 25.7 Å². The molecule has 0 unspecified atom stereocenters. The van der Waals surface area contributed by atoms with Crippen molar-refractivity contribution < 1.29 is 32.5 Å². The van der Waals surface area contributed by atoms with Crippen LogP contribution >= 0.6 is 0 Å². The Balaban J connectivity index is 1.62. The summed E-state index contributed by atoms with van der Waals surface area (Å²) in [5.74, 6) is -1.62. The Kier molecular flexibility index (Phi) is 4.82. The molecule has 0 radical (unpaired) electrons. The van der Waals surface area contributed by atoms with Gasteiger partial charge in [0, 0.05) is 12.0 Å². The lowest BCUT2D eigenvalue weighted by molar-refractivity contribution is -0.137. The summed E-state index contributed by atoms with van der Waals surface area (Å²) in [4.78, 5) is 0. The minimum Gasteiger partial charge on any atom is -0.507 e. The van der Waals surface area contributed by atoms with Crippen molar-refractivity contribution in [2.24, 2.45) is 0 Å². The van der Waals surface area contributed by atoms with Crippen molar-refractivity contribution in [3.05, 3.63) is 34.6 Å². The number of hydrogen-bond acceptors (Lipinski definition) is 6. The number of aliphatic hydroxyl groups excluding tert-OH is 1. The van der Waals surface area contributed by atoms with Gasteiger partial charge < -0.3 is 20.3 Å². The first kappa shape index (κ1) is 20.4. The first-order valence-corrected chi connectivity index (χ1v) is 10.3. The molecule has 1 aromatic carbocycles. The van der Waals surface area contributed by atoms with Crippen LogP contribution in [0.5, 0.6) is 5.75 Å². The Labute approximate surface area is 175 Å². The Morgan fingerprint density at radius 3 is 2.58 bits per heavy atom. The fourth-order valence-electron chi connectivity index (χ4n) is 4.92. The average Bonchev–Trinajstić information content (AvgIpc) is 3.27. The third kappa shape index (κ3) is 3.51. The normalized spacial score (nSPS) is 27.4. The molecule has 2 fully saturated rings. The highest BCUT2D eigenvalue weighted by Crippen LogP contribution is 2.48. The molecule has 3 heterocycles. The summed E-state index contributed by atoms with van der Waals surface area (Å²) in [5, 5.41) is 32.0. The molecule has 3 aliphatic rings. The number of aromatic hydroxyl groups is 1. The van der Waals surface area contributed by atoms with Gasteiger partial charge in [-0.1, -0.05) is 0 Å². The van der Waals surface area contributed by atoms with Crippen molar-refractivity contribution in [1.29, 1.82) is 0 Å². The van der Waals surface area contributed by atoms with Gasteiger partial charge in [-0.15, -0.1) is 10.2 Å². The number of nitrogens with one attached hydrogen (secondary N) is 1. The zero-order valence-corrected chi connectivity index (χ0v) is 16.4. The highest BCUT2D eigenvalue weighted by atomic mass is 19.4. The van der Waals surface area contributed by atoms with Crippen LogP contribution in [0.4, 0.5) is 23.4 Å². The van der Waals surface area contributed by atoms with Crippen LogP contribution in [0.25, 0.3) is 11.3 Å². The third-order valence-corrected chi connectivity index (χ3v) is 6.41. The molecule has 31 heavy (non-hydrogen) atoms. The maximum absolute atomic E-state index is 14.8. The van der Waals surface area contributed by atoms with Gasteiger partial charge in [-0.05, 0) is 49.8 Å². The molecule has 0 amide bonds. The molecule has 2 aliphatic heterocycles. The number of aromatic nitrogens is 2. The van der Waals surface area contributed by atoms with Gasteiger partial charge in [0.2, 0.25) is 0 Å². The van der Waals surface area contributed by atoms with E-state index < -0.39 is 35.0 Å². The van der Waals surface area contributed by atoms with E-state index in [2.05, 4.69) is 15.5 Å². The molecular weight excluding hydrogens is 418 g/mol. The highest BCUT2D eigenvalue weighted by Gasteiger charge is 2.40. The van der Waals surface area contributed by atoms with Crippen LogP contribution in [0.3, 0.4) is 0 Å². The predicted molar refractivity (Wildman–Crippen MR) is 102 cm³/mol. The number of hydrogen-bond donors (Lipinski definition) is 3. The maximum Gasteiger partial charge on any atom is 0.416 e. The lowest BCUT2D eigenvalue weighted by atomic mass is 9.93. The average molecular weight is 439 g/mol. The van der Waals surface area contributed by atoms with E-state index in [4.69, 9.17) is 4.74 Å². The van der Waals surface area contributed by atoms with Gasteiger partial charge >= 0.3 is 6.18 Å². The molecule has 1 aromatic heterocycles. The molecule has 2 aromatic rings. The van der Waals surface area contributed by atoms with E-state index in [9.17, 15) is 27.8 Å². The summed E-state index contributed by atoms with van der Waals surface area (Å²) in [6.07, 6.45) is -1.50. The largest absolute Gasteiger partial charge is 0.507 e. The number of alkyl halides is 3.